The highest BCUT2D eigenvalue weighted by Crippen LogP contribution is 2.35. The van der Waals surface area contributed by atoms with Crippen LogP contribution in [0, 0.1) is 5.82 Å². The third-order valence-electron chi connectivity index (χ3n) is 2.93. The van der Waals surface area contributed by atoms with Crippen molar-refractivity contribution in [2.75, 3.05) is 10.6 Å². The Balaban J connectivity index is 2.47. The van der Waals surface area contributed by atoms with E-state index in [4.69, 9.17) is 11.6 Å². The summed E-state index contributed by atoms with van der Waals surface area (Å²) in [6.45, 7) is 3.70. The molecule has 5 heteroatoms. The fourth-order valence-electron chi connectivity index (χ4n) is 1.62. The van der Waals surface area contributed by atoms with Gasteiger partial charge in [0, 0.05) is 6.07 Å². The van der Waals surface area contributed by atoms with Crippen LogP contribution in [0.2, 0.25) is 5.02 Å². The highest BCUT2D eigenvalue weighted by atomic mass is 35.5. The van der Waals surface area contributed by atoms with Gasteiger partial charge < -0.3 is 10.6 Å². The van der Waals surface area contributed by atoms with Crippen molar-refractivity contribution in [3.63, 3.8) is 0 Å². The van der Waals surface area contributed by atoms with Gasteiger partial charge in [0.05, 0.1) is 16.4 Å². The van der Waals surface area contributed by atoms with Crippen molar-refractivity contribution >= 4 is 28.9 Å². The third-order valence-corrected chi connectivity index (χ3v) is 3.22. The van der Waals surface area contributed by atoms with Crippen molar-refractivity contribution in [1.29, 1.82) is 0 Å². The first-order valence-electron chi connectivity index (χ1n) is 5.05. The number of benzene rings is 1. The molecule has 1 amide bonds. The molecule has 2 N–H and O–H groups in total. The van der Waals surface area contributed by atoms with E-state index in [1.165, 1.54) is 12.1 Å². The summed E-state index contributed by atoms with van der Waals surface area (Å²) in [7, 11) is 0. The molecule has 86 valence electrons. The minimum atomic E-state index is -0.672. The molecule has 16 heavy (non-hydrogen) atoms. The average molecular weight is 243 g/mol. The number of hydrogen-bond acceptors (Lipinski definition) is 2. The summed E-state index contributed by atoms with van der Waals surface area (Å²) in [5.41, 5.74) is 0.405. The number of halogens is 2. The Morgan fingerprint density at radius 1 is 1.44 bits per heavy atom. The van der Waals surface area contributed by atoms with Crippen LogP contribution in [0.3, 0.4) is 0 Å². The maximum Gasteiger partial charge on any atom is 0.249 e. The number of carbonyl (C=O) groups is 1. The number of hydrogen-bond donors (Lipinski definition) is 2. The standard InChI is InChI=1S/C11H12ClFN2O/c1-3-11(2)10(16)14-8-5-7(13)6(12)4-9(8)15-11/h4-5,15H,3H2,1-2H3,(H,14,16). The van der Waals surface area contributed by atoms with Gasteiger partial charge >= 0.3 is 0 Å². The van der Waals surface area contributed by atoms with Gasteiger partial charge in [0.2, 0.25) is 5.91 Å². The zero-order chi connectivity index (χ0) is 11.9. The monoisotopic (exact) mass is 242 g/mol. The molecule has 0 spiro atoms. The largest absolute Gasteiger partial charge is 0.370 e. The Morgan fingerprint density at radius 3 is 2.75 bits per heavy atom. The molecule has 0 aromatic heterocycles. The number of carbonyl (C=O) groups excluding carboxylic acids is 1. The van der Waals surface area contributed by atoms with E-state index >= 15 is 0 Å². The fraction of sp³-hybridized carbons (Fsp3) is 0.364. The van der Waals surface area contributed by atoms with Crippen LogP contribution in [0.4, 0.5) is 15.8 Å². The minimum Gasteiger partial charge on any atom is -0.370 e. The molecular weight excluding hydrogens is 231 g/mol. The molecular formula is C11H12ClFN2O. The molecule has 0 radical (unpaired) electrons. The normalized spacial score (nSPS) is 23.4. The SMILES string of the molecule is CCC1(C)Nc2cc(Cl)c(F)cc2NC1=O. The lowest BCUT2D eigenvalue weighted by Gasteiger charge is -2.35. The smallest absolute Gasteiger partial charge is 0.249 e. The highest BCUT2D eigenvalue weighted by Gasteiger charge is 2.36. The molecule has 2 rings (SSSR count). The van der Waals surface area contributed by atoms with E-state index in [0.29, 0.717) is 17.8 Å². The second kappa shape index (κ2) is 3.63. The van der Waals surface area contributed by atoms with Gasteiger partial charge in [-0.15, -0.1) is 0 Å². The minimum absolute atomic E-state index is 0.0425. The van der Waals surface area contributed by atoms with Gasteiger partial charge in [-0.25, -0.2) is 4.39 Å². The first kappa shape index (κ1) is 11.2. The maximum absolute atomic E-state index is 13.2. The number of rotatable bonds is 1. The Hall–Kier alpha value is -1.29. The molecule has 1 unspecified atom stereocenters. The number of anilines is 2. The molecule has 1 atom stereocenters. The first-order valence-corrected chi connectivity index (χ1v) is 5.43. The molecule has 0 aliphatic carbocycles. The maximum atomic E-state index is 13.2. The molecule has 3 nitrogen and oxygen atoms in total. The van der Waals surface area contributed by atoms with Gasteiger partial charge in [-0.2, -0.15) is 0 Å². The summed E-state index contributed by atoms with van der Waals surface area (Å²) in [4.78, 5) is 11.8. The van der Waals surface area contributed by atoms with Crippen molar-refractivity contribution in [2.45, 2.75) is 25.8 Å². The van der Waals surface area contributed by atoms with E-state index in [2.05, 4.69) is 10.6 Å². The summed E-state index contributed by atoms with van der Waals surface area (Å²) in [6, 6.07) is 2.71. The molecule has 0 saturated carbocycles. The van der Waals surface area contributed by atoms with E-state index in [1.807, 2.05) is 6.92 Å². The summed E-state index contributed by atoms with van der Waals surface area (Å²) in [5.74, 6) is -0.702. The van der Waals surface area contributed by atoms with E-state index in [9.17, 15) is 9.18 Å². The summed E-state index contributed by atoms with van der Waals surface area (Å²) >= 11 is 5.69. The van der Waals surface area contributed by atoms with Crippen molar-refractivity contribution in [2.24, 2.45) is 0 Å². The van der Waals surface area contributed by atoms with Gasteiger partial charge in [-0.1, -0.05) is 18.5 Å². The Bertz CT molecular complexity index is 464. The van der Waals surface area contributed by atoms with E-state index in [1.54, 1.807) is 6.92 Å². The van der Waals surface area contributed by atoms with Crippen LogP contribution >= 0.6 is 11.6 Å². The average Bonchev–Trinajstić information content (AvgIpc) is 2.23. The van der Waals surface area contributed by atoms with Crippen LogP contribution in [-0.2, 0) is 4.79 Å². The highest BCUT2D eigenvalue weighted by molar-refractivity contribution is 6.31. The van der Waals surface area contributed by atoms with E-state index < -0.39 is 11.4 Å². The van der Waals surface area contributed by atoms with Gasteiger partial charge in [0.15, 0.2) is 0 Å². The zero-order valence-corrected chi connectivity index (χ0v) is 9.78. The van der Waals surface area contributed by atoms with Gasteiger partial charge in [0.1, 0.15) is 11.4 Å². The molecule has 1 aromatic carbocycles. The Kier molecular flexibility index (Phi) is 2.54. The number of amides is 1. The second-order valence-corrected chi connectivity index (χ2v) is 4.48. The molecule has 1 heterocycles. The Morgan fingerprint density at radius 2 is 2.12 bits per heavy atom. The number of nitrogens with one attached hydrogen (secondary N) is 2. The predicted molar refractivity (Wildman–Crippen MR) is 62.4 cm³/mol. The number of fused-ring (bicyclic) bond motifs is 1. The van der Waals surface area contributed by atoms with Crippen LogP contribution < -0.4 is 10.6 Å². The van der Waals surface area contributed by atoms with Crippen LogP contribution in [0.25, 0.3) is 0 Å². The van der Waals surface area contributed by atoms with E-state index in [-0.39, 0.29) is 10.9 Å². The molecule has 1 aliphatic rings. The summed E-state index contributed by atoms with van der Waals surface area (Å²) < 4.78 is 13.2. The lowest BCUT2D eigenvalue weighted by atomic mass is 9.94. The Labute approximate surface area is 98.0 Å². The molecule has 0 bridgehead atoms. The van der Waals surface area contributed by atoms with E-state index in [0.717, 1.165) is 0 Å². The van der Waals surface area contributed by atoms with Crippen molar-refractivity contribution < 1.29 is 9.18 Å². The van der Waals surface area contributed by atoms with Crippen LogP contribution in [0.5, 0.6) is 0 Å². The first-order chi connectivity index (χ1) is 7.46. The lowest BCUT2D eigenvalue weighted by molar-refractivity contribution is -0.120. The molecule has 0 fully saturated rings. The van der Waals surface area contributed by atoms with Crippen molar-refractivity contribution in [3.05, 3.63) is 23.0 Å². The topological polar surface area (TPSA) is 41.1 Å². The van der Waals surface area contributed by atoms with Crippen LogP contribution in [0.15, 0.2) is 12.1 Å². The fourth-order valence-corrected chi connectivity index (χ4v) is 1.78. The third kappa shape index (κ3) is 1.63. The van der Waals surface area contributed by atoms with Crippen molar-refractivity contribution in [1.82, 2.24) is 0 Å². The quantitative estimate of drug-likeness (QED) is 0.795. The van der Waals surface area contributed by atoms with Crippen molar-refractivity contribution in [3.8, 4) is 0 Å². The van der Waals surface area contributed by atoms with Crippen LogP contribution in [0.1, 0.15) is 20.3 Å². The van der Waals surface area contributed by atoms with Crippen LogP contribution in [-0.4, -0.2) is 11.4 Å². The molecule has 1 aliphatic heterocycles. The molecule has 1 aromatic rings. The summed E-state index contributed by atoms with van der Waals surface area (Å²) in [5, 5.41) is 5.79. The zero-order valence-electron chi connectivity index (χ0n) is 9.03. The predicted octanol–water partition coefficient (Wildman–Crippen LogP) is 3.01. The van der Waals surface area contributed by atoms with Gasteiger partial charge in [0.25, 0.3) is 0 Å². The molecule has 0 saturated heterocycles. The lowest BCUT2D eigenvalue weighted by Crippen LogP contribution is -2.49. The van der Waals surface area contributed by atoms with Gasteiger partial charge in [-0.3, -0.25) is 4.79 Å². The van der Waals surface area contributed by atoms with Gasteiger partial charge in [-0.05, 0) is 19.4 Å². The summed E-state index contributed by atoms with van der Waals surface area (Å²) in [6.07, 6.45) is 0.632. The second-order valence-electron chi connectivity index (χ2n) is 4.08.